The molecule has 2 rings (SSSR count). The lowest BCUT2D eigenvalue weighted by molar-refractivity contribution is 0.0492. The average molecular weight is 191 g/mol. The molecule has 0 radical (unpaired) electrons. The Labute approximate surface area is 80.5 Å². The van der Waals surface area contributed by atoms with Crippen molar-refractivity contribution in [1.29, 1.82) is 0 Å². The number of fused-ring (bicyclic) bond motifs is 1. The number of aromatic nitrogens is 1. The van der Waals surface area contributed by atoms with Crippen LogP contribution in [0.2, 0.25) is 0 Å². The molecule has 14 heavy (non-hydrogen) atoms. The molecule has 0 bridgehead atoms. The third kappa shape index (κ3) is 1.46. The highest BCUT2D eigenvalue weighted by Crippen LogP contribution is 2.16. The molecule has 0 spiro atoms. The Balaban J connectivity index is 2.40. The normalized spacial score (nSPS) is 10.4. The zero-order chi connectivity index (χ0) is 9.97. The Hall–Kier alpha value is -1.84. The predicted molar refractivity (Wildman–Crippen MR) is 50.0 cm³/mol. The van der Waals surface area contributed by atoms with Gasteiger partial charge < -0.3 is 9.15 Å². The molecule has 0 aliphatic heterocycles. The van der Waals surface area contributed by atoms with Crippen molar-refractivity contribution < 1.29 is 13.9 Å². The molecular weight excluding hydrogens is 182 g/mol. The molecule has 4 heteroatoms. The molecule has 0 N–H and O–H groups in total. The van der Waals surface area contributed by atoms with E-state index in [9.17, 15) is 4.79 Å². The average Bonchev–Trinajstić information content (AvgIpc) is 2.61. The van der Waals surface area contributed by atoms with Gasteiger partial charge in [0.1, 0.15) is 0 Å². The van der Waals surface area contributed by atoms with Crippen molar-refractivity contribution in [3.63, 3.8) is 0 Å². The van der Waals surface area contributed by atoms with E-state index in [1.807, 2.05) is 6.07 Å². The summed E-state index contributed by atoms with van der Waals surface area (Å²) in [5.41, 5.74) is 0.454. The maximum atomic E-state index is 11.3. The first-order chi connectivity index (χ1) is 6.81. The van der Waals surface area contributed by atoms with Crippen LogP contribution in [-0.4, -0.2) is 17.6 Å². The lowest BCUT2D eigenvalue weighted by atomic mass is 10.3. The van der Waals surface area contributed by atoms with E-state index in [1.165, 1.54) is 0 Å². The Morgan fingerprint density at radius 2 is 2.50 bits per heavy atom. The van der Waals surface area contributed by atoms with Crippen LogP contribution in [0.3, 0.4) is 0 Å². The molecule has 0 saturated heterocycles. The van der Waals surface area contributed by atoms with Crippen molar-refractivity contribution in [1.82, 2.24) is 4.98 Å². The highest BCUT2D eigenvalue weighted by molar-refractivity contribution is 5.91. The Kier molecular flexibility index (Phi) is 2.18. The van der Waals surface area contributed by atoms with E-state index < -0.39 is 5.97 Å². The summed E-state index contributed by atoms with van der Waals surface area (Å²) in [6.07, 6.45) is 1.61. The van der Waals surface area contributed by atoms with Gasteiger partial charge in [-0.15, -0.1) is 0 Å². The zero-order valence-electron chi connectivity index (χ0n) is 7.69. The van der Waals surface area contributed by atoms with Crippen LogP contribution in [0.5, 0.6) is 0 Å². The summed E-state index contributed by atoms with van der Waals surface area (Å²) >= 11 is 0. The molecule has 0 aliphatic rings. The molecule has 2 heterocycles. The van der Waals surface area contributed by atoms with Crippen molar-refractivity contribution in [2.24, 2.45) is 0 Å². The summed E-state index contributed by atoms with van der Waals surface area (Å²) in [6.45, 7) is 2.09. The van der Waals surface area contributed by atoms with Crippen LogP contribution in [0.4, 0.5) is 0 Å². The number of nitrogens with zero attached hydrogens (tertiary/aromatic N) is 1. The SMILES string of the molecule is CCOC(=O)c1cc2cccnc2o1. The van der Waals surface area contributed by atoms with Crippen LogP contribution >= 0.6 is 0 Å². The molecule has 0 unspecified atom stereocenters. The second-order valence-corrected chi connectivity index (χ2v) is 2.73. The van der Waals surface area contributed by atoms with Gasteiger partial charge in [-0.05, 0) is 19.1 Å². The Morgan fingerprint density at radius 3 is 3.21 bits per heavy atom. The minimum Gasteiger partial charge on any atom is -0.460 e. The van der Waals surface area contributed by atoms with Crippen LogP contribution in [-0.2, 0) is 4.74 Å². The molecule has 0 atom stereocenters. The first kappa shape index (κ1) is 8.74. The van der Waals surface area contributed by atoms with E-state index in [4.69, 9.17) is 9.15 Å². The summed E-state index contributed by atoms with van der Waals surface area (Å²) in [6, 6.07) is 5.24. The second kappa shape index (κ2) is 3.49. The van der Waals surface area contributed by atoms with Crippen molar-refractivity contribution in [3.05, 3.63) is 30.2 Å². The largest absolute Gasteiger partial charge is 0.460 e. The fourth-order valence-electron chi connectivity index (χ4n) is 1.18. The molecule has 2 aromatic rings. The monoisotopic (exact) mass is 191 g/mol. The van der Waals surface area contributed by atoms with Gasteiger partial charge in [-0.2, -0.15) is 0 Å². The van der Waals surface area contributed by atoms with Crippen molar-refractivity contribution >= 4 is 17.1 Å². The van der Waals surface area contributed by atoms with E-state index in [-0.39, 0.29) is 5.76 Å². The number of rotatable bonds is 2. The standard InChI is InChI=1S/C10H9NO3/c1-2-13-10(12)8-6-7-4-3-5-11-9(7)14-8/h3-6H,2H2,1H3. The zero-order valence-corrected chi connectivity index (χ0v) is 7.69. The highest BCUT2D eigenvalue weighted by Gasteiger charge is 2.12. The topological polar surface area (TPSA) is 52.3 Å². The maximum absolute atomic E-state index is 11.3. The Morgan fingerprint density at radius 1 is 1.64 bits per heavy atom. The molecule has 0 aliphatic carbocycles. The molecule has 0 fully saturated rings. The third-order valence-corrected chi connectivity index (χ3v) is 1.77. The number of esters is 1. The number of furan rings is 1. The van der Waals surface area contributed by atoms with Crippen LogP contribution in [0.25, 0.3) is 11.1 Å². The molecule has 4 nitrogen and oxygen atoms in total. The van der Waals surface area contributed by atoms with Gasteiger partial charge >= 0.3 is 5.97 Å². The van der Waals surface area contributed by atoms with Gasteiger partial charge in [0, 0.05) is 17.6 Å². The van der Waals surface area contributed by atoms with E-state index in [1.54, 1.807) is 25.3 Å². The number of carbonyl (C=O) groups excluding carboxylic acids is 1. The smallest absolute Gasteiger partial charge is 0.374 e. The summed E-state index contributed by atoms with van der Waals surface area (Å²) in [7, 11) is 0. The van der Waals surface area contributed by atoms with E-state index in [0.29, 0.717) is 12.3 Å². The van der Waals surface area contributed by atoms with Crippen LogP contribution in [0.1, 0.15) is 17.5 Å². The molecule has 0 amide bonds. The van der Waals surface area contributed by atoms with Gasteiger partial charge in [0.25, 0.3) is 0 Å². The van der Waals surface area contributed by atoms with E-state index >= 15 is 0 Å². The summed E-state index contributed by atoms with van der Waals surface area (Å²) < 4.78 is 9.99. The van der Waals surface area contributed by atoms with Crippen LogP contribution in [0.15, 0.2) is 28.8 Å². The maximum Gasteiger partial charge on any atom is 0.374 e. The van der Waals surface area contributed by atoms with Crippen LogP contribution < -0.4 is 0 Å². The minimum atomic E-state index is -0.453. The van der Waals surface area contributed by atoms with Gasteiger partial charge in [0.05, 0.1) is 6.61 Å². The molecule has 0 aromatic carbocycles. The van der Waals surface area contributed by atoms with Crippen molar-refractivity contribution in [2.75, 3.05) is 6.61 Å². The summed E-state index contributed by atoms with van der Waals surface area (Å²) in [4.78, 5) is 15.2. The van der Waals surface area contributed by atoms with Gasteiger partial charge in [-0.1, -0.05) is 0 Å². The molecular formula is C10H9NO3. The van der Waals surface area contributed by atoms with Crippen LogP contribution in [0, 0.1) is 0 Å². The van der Waals surface area contributed by atoms with Gasteiger partial charge in [0.15, 0.2) is 0 Å². The van der Waals surface area contributed by atoms with Crippen molar-refractivity contribution in [3.8, 4) is 0 Å². The quantitative estimate of drug-likeness (QED) is 0.681. The minimum absolute atomic E-state index is 0.195. The number of carbonyl (C=O) groups is 1. The number of ether oxygens (including phenoxy) is 1. The van der Waals surface area contributed by atoms with Gasteiger partial charge in [0.2, 0.25) is 11.5 Å². The lowest BCUT2D eigenvalue weighted by Crippen LogP contribution is -2.02. The molecule has 72 valence electrons. The lowest BCUT2D eigenvalue weighted by Gasteiger charge is -1.95. The molecule has 0 saturated carbocycles. The fourth-order valence-corrected chi connectivity index (χ4v) is 1.18. The fraction of sp³-hybridized carbons (Fsp3) is 0.200. The van der Waals surface area contributed by atoms with Gasteiger partial charge in [-0.25, -0.2) is 9.78 Å². The van der Waals surface area contributed by atoms with Crippen molar-refractivity contribution in [2.45, 2.75) is 6.92 Å². The first-order valence-electron chi connectivity index (χ1n) is 4.33. The number of hydrogen-bond donors (Lipinski definition) is 0. The van der Waals surface area contributed by atoms with Gasteiger partial charge in [-0.3, -0.25) is 0 Å². The number of hydrogen-bond acceptors (Lipinski definition) is 4. The predicted octanol–water partition coefficient (Wildman–Crippen LogP) is 2.00. The number of pyridine rings is 1. The van der Waals surface area contributed by atoms with E-state index in [2.05, 4.69) is 4.98 Å². The second-order valence-electron chi connectivity index (χ2n) is 2.73. The Bertz CT molecular complexity index is 428. The first-order valence-corrected chi connectivity index (χ1v) is 4.33. The third-order valence-electron chi connectivity index (χ3n) is 1.77. The highest BCUT2D eigenvalue weighted by atomic mass is 16.5. The summed E-state index contributed by atoms with van der Waals surface area (Å²) in [5, 5.41) is 0.801. The summed E-state index contributed by atoms with van der Waals surface area (Å²) in [5.74, 6) is -0.258. The van der Waals surface area contributed by atoms with E-state index in [0.717, 1.165) is 5.39 Å². The molecule has 2 aromatic heterocycles.